The number of rotatable bonds is 2. The van der Waals surface area contributed by atoms with Crippen LogP contribution in [0.1, 0.15) is 49.7 Å². The predicted octanol–water partition coefficient (Wildman–Crippen LogP) is 1.74. The van der Waals surface area contributed by atoms with Crippen LogP contribution in [0.5, 0.6) is 0 Å². The van der Waals surface area contributed by atoms with Crippen LogP contribution >= 0.6 is 0 Å². The van der Waals surface area contributed by atoms with Crippen molar-refractivity contribution in [1.29, 1.82) is 0 Å². The molecule has 0 saturated carbocycles. The first-order valence-electron chi connectivity index (χ1n) is 7.18. The van der Waals surface area contributed by atoms with Crippen LogP contribution in [0, 0.1) is 0 Å². The Balaban J connectivity index is 1.73. The molecule has 2 unspecified atom stereocenters. The summed E-state index contributed by atoms with van der Waals surface area (Å²) >= 11 is 0. The molecule has 1 saturated heterocycles. The zero-order valence-electron chi connectivity index (χ0n) is 11.2. The minimum atomic E-state index is -0.350. The van der Waals surface area contributed by atoms with Gasteiger partial charge in [-0.3, -0.25) is 0 Å². The summed E-state index contributed by atoms with van der Waals surface area (Å²) in [5.74, 6) is 0.884. The maximum atomic E-state index is 9.94. The zero-order valence-corrected chi connectivity index (χ0v) is 11.2. The van der Waals surface area contributed by atoms with E-state index in [9.17, 15) is 5.11 Å². The molecule has 2 aliphatic heterocycles. The van der Waals surface area contributed by atoms with Gasteiger partial charge in [0.2, 0.25) is 0 Å². The van der Waals surface area contributed by atoms with Crippen LogP contribution in [0.4, 0.5) is 0 Å². The molecule has 1 aromatic heterocycles. The number of imidazole rings is 1. The molecule has 100 valence electrons. The third-order valence-corrected chi connectivity index (χ3v) is 4.40. The minimum absolute atomic E-state index is 0.350. The molecule has 2 aliphatic rings. The highest BCUT2D eigenvalue weighted by atomic mass is 16.3. The molecule has 0 radical (unpaired) electrons. The van der Waals surface area contributed by atoms with Crippen LogP contribution < -0.4 is 0 Å². The van der Waals surface area contributed by atoms with Gasteiger partial charge in [0, 0.05) is 25.2 Å². The highest BCUT2D eigenvalue weighted by Gasteiger charge is 2.24. The fourth-order valence-corrected chi connectivity index (χ4v) is 3.26. The molecular weight excluding hydrogens is 226 g/mol. The number of aryl methyl sites for hydroxylation is 1. The average Bonchev–Trinajstić information content (AvgIpc) is 2.76. The topological polar surface area (TPSA) is 41.3 Å². The summed E-state index contributed by atoms with van der Waals surface area (Å²) in [4.78, 5) is 7.10. The first-order valence-corrected chi connectivity index (χ1v) is 7.18. The van der Waals surface area contributed by atoms with Crippen molar-refractivity contribution in [2.45, 2.75) is 57.2 Å². The van der Waals surface area contributed by atoms with Crippen molar-refractivity contribution in [3.05, 3.63) is 17.7 Å². The van der Waals surface area contributed by atoms with Gasteiger partial charge < -0.3 is 14.6 Å². The smallest absolute Gasteiger partial charge is 0.137 e. The number of nitrogens with zero attached hydrogens (tertiary/aromatic N) is 3. The van der Waals surface area contributed by atoms with Crippen LogP contribution in [0.2, 0.25) is 0 Å². The zero-order chi connectivity index (χ0) is 12.5. The normalized spacial score (nSPS) is 29.2. The van der Waals surface area contributed by atoms with Crippen molar-refractivity contribution in [3.8, 4) is 0 Å². The quantitative estimate of drug-likeness (QED) is 0.868. The van der Waals surface area contributed by atoms with Crippen molar-refractivity contribution >= 4 is 0 Å². The van der Waals surface area contributed by atoms with E-state index in [-0.39, 0.29) is 6.10 Å². The Morgan fingerprint density at radius 2 is 2.17 bits per heavy atom. The lowest BCUT2D eigenvalue weighted by Crippen LogP contribution is -2.37. The maximum absolute atomic E-state index is 9.94. The van der Waals surface area contributed by atoms with Gasteiger partial charge >= 0.3 is 0 Å². The van der Waals surface area contributed by atoms with Gasteiger partial charge in [-0.1, -0.05) is 6.42 Å². The van der Waals surface area contributed by atoms with Gasteiger partial charge in [-0.2, -0.15) is 0 Å². The molecule has 1 fully saturated rings. The van der Waals surface area contributed by atoms with Crippen molar-refractivity contribution < 1.29 is 5.11 Å². The van der Waals surface area contributed by atoms with E-state index >= 15 is 0 Å². The molecule has 2 atom stereocenters. The van der Waals surface area contributed by atoms with Crippen LogP contribution in [-0.4, -0.2) is 39.2 Å². The Bertz CT molecular complexity index is 415. The van der Waals surface area contributed by atoms with E-state index in [1.165, 1.54) is 25.8 Å². The number of hydrogen-bond acceptors (Lipinski definition) is 3. The Morgan fingerprint density at radius 1 is 1.28 bits per heavy atom. The number of likely N-dealkylation sites (N-methyl/N-ethyl adjacent to an activating group) is 1. The predicted molar refractivity (Wildman–Crippen MR) is 70.4 cm³/mol. The molecule has 0 amide bonds. The number of hydrogen-bond donors (Lipinski definition) is 1. The van der Waals surface area contributed by atoms with E-state index in [0.29, 0.717) is 6.04 Å². The average molecular weight is 249 g/mol. The van der Waals surface area contributed by atoms with Crippen LogP contribution in [0.3, 0.4) is 0 Å². The van der Waals surface area contributed by atoms with Crippen molar-refractivity contribution in [3.63, 3.8) is 0 Å². The Kier molecular flexibility index (Phi) is 3.39. The van der Waals surface area contributed by atoms with Gasteiger partial charge in [-0.25, -0.2) is 4.98 Å². The van der Waals surface area contributed by atoms with Crippen molar-refractivity contribution in [2.75, 3.05) is 13.6 Å². The molecule has 1 N–H and O–H groups in total. The molecular formula is C14H23N3O. The number of aliphatic hydroxyl groups is 1. The number of likely N-dealkylation sites (tertiary alicyclic amines) is 1. The SMILES string of the molecule is CN1CCCCC1Cc1cn2c(n1)C(O)CCC2. The summed E-state index contributed by atoms with van der Waals surface area (Å²) in [5.41, 5.74) is 1.16. The largest absolute Gasteiger partial charge is 0.385 e. The number of piperidine rings is 1. The van der Waals surface area contributed by atoms with E-state index < -0.39 is 0 Å². The first kappa shape index (κ1) is 12.2. The monoisotopic (exact) mass is 249 g/mol. The minimum Gasteiger partial charge on any atom is -0.385 e. The third kappa shape index (κ3) is 2.31. The second-order valence-electron chi connectivity index (χ2n) is 5.78. The summed E-state index contributed by atoms with van der Waals surface area (Å²) in [6, 6.07) is 0.632. The van der Waals surface area contributed by atoms with Gasteiger partial charge in [-0.15, -0.1) is 0 Å². The highest BCUT2D eigenvalue weighted by molar-refractivity contribution is 5.10. The number of aliphatic hydroxyl groups excluding tert-OH is 1. The highest BCUT2D eigenvalue weighted by Crippen LogP contribution is 2.25. The van der Waals surface area contributed by atoms with Crippen molar-refractivity contribution in [1.82, 2.24) is 14.5 Å². The summed E-state index contributed by atoms with van der Waals surface area (Å²) in [5, 5.41) is 9.94. The lowest BCUT2D eigenvalue weighted by Gasteiger charge is -2.31. The Hall–Kier alpha value is -0.870. The second-order valence-corrected chi connectivity index (χ2v) is 5.78. The molecule has 0 aromatic carbocycles. The van der Waals surface area contributed by atoms with Gasteiger partial charge in [0.15, 0.2) is 0 Å². The van der Waals surface area contributed by atoms with Crippen LogP contribution in [-0.2, 0) is 13.0 Å². The molecule has 4 nitrogen and oxygen atoms in total. The van der Waals surface area contributed by atoms with Crippen LogP contribution in [0.25, 0.3) is 0 Å². The van der Waals surface area contributed by atoms with Crippen LogP contribution in [0.15, 0.2) is 6.20 Å². The molecule has 4 heteroatoms. The molecule has 3 heterocycles. The lowest BCUT2D eigenvalue weighted by molar-refractivity contribution is 0.133. The maximum Gasteiger partial charge on any atom is 0.137 e. The summed E-state index contributed by atoms with van der Waals surface area (Å²) in [6.07, 6.45) is 8.70. The first-order chi connectivity index (χ1) is 8.74. The van der Waals surface area contributed by atoms with E-state index in [4.69, 9.17) is 0 Å². The molecule has 0 spiro atoms. The van der Waals surface area contributed by atoms with Gasteiger partial charge in [0.1, 0.15) is 11.9 Å². The molecule has 18 heavy (non-hydrogen) atoms. The summed E-state index contributed by atoms with van der Waals surface area (Å²) in [6.45, 7) is 2.22. The lowest BCUT2D eigenvalue weighted by atomic mass is 9.99. The van der Waals surface area contributed by atoms with Gasteiger partial charge in [0.25, 0.3) is 0 Å². The summed E-state index contributed by atoms with van der Waals surface area (Å²) < 4.78 is 2.15. The second kappa shape index (κ2) is 5.02. The fraction of sp³-hybridized carbons (Fsp3) is 0.786. The van der Waals surface area contributed by atoms with Crippen molar-refractivity contribution in [2.24, 2.45) is 0 Å². The Labute approximate surface area is 109 Å². The Morgan fingerprint density at radius 3 is 2.94 bits per heavy atom. The van der Waals surface area contributed by atoms with E-state index in [2.05, 4.69) is 27.7 Å². The van der Waals surface area contributed by atoms with Gasteiger partial charge in [0.05, 0.1) is 5.69 Å². The molecule has 0 bridgehead atoms. The molecule has 0 aliphatic carbocycles. The number of aromatic nitrogens is 2. The third-order valence-electron chi connectivity index (χ3n) is 4.40. The number of fused-ring (bicyclic) bond motifs is 1. The van der Waals surface area contributed by atoms with E-state index in [1.807, 2.05) is 0 Å². The summed E-state index contributed by atoms with van der Waals surface area (Å²) in [7, 11) is 2.22. The van der Waals surface area contributed by atoms with E-state index in [1.54, 1.807) is 0 Å². The fourth-order valence-electron chi connectivity index (χ4n) is 3.26. The van der Waals surface area contributed by atoms with E-state index in [0.717, 1.165) is 37.3 Å². The molecule has 3 rings (SSSR count). The van der Waals surface area contributed by atoms with Gasteiger partial charge in [-0.05, 0) is 39.3 Å². The molecule has 1 aromatic rings. The standard InChI is InChI=1S/C14H23N3O/c1-16-7-3-2-5-12(16)9-11-10-17-8-4-6-13(18)14(17)15-11/h10,12-13,18H,2-9H2,1H3.